The van der Waals surface area contributed by atoms with Crippen molar-refractivity contribution >= 4 is 57.7 Å². The third-order valence-electron chi connectivity index (χ3n) is 0.669. The Kier molecular flexibility index (Phi) is 9.74. The first-order valence-corrected chi connectivity index (χ1v) is 11.1. The lowest BCUT2D eigenvalue weighted by molar-refractivity contribution is 1.64. The molecule has 51 valence electrons. The molecule has 0 aliphatic heterocycles. The van der Waals surface area contributed by atoms with Crippen LogP contribution in [-0.4, -0.2) is 16.0 Å². The average molecular weight is 340 g/mol. The fourth-order valence-corrected chi connectivity index (χ4v) is 0.656. The fraction of sp³-hybridized carbons (Fsp3) is 0. The smallest absolute Gasteiger partial charge is 0.280 e. The molecule has 0 atom stereocenters. The lowest BCUT2D eigenvalue weighted by Gasteiger charge is -1.79. The second-order valence-corrected chi connectivity index (χ2v) is 10.3. The number of benzene rings is 1. The summed E-state index contributed by atoms with van der Waals surface area (Å²) in [6.07, 6.45) is 0. The Bertz CT molecular complexity index is 154. The first-order chi connectivity index (χ1) is 4.81. The van der Waals surface area contributed by atoms with Gasteiger partial charge in [0, 0.05) is 4.47 Å². The van der Waals surface area contributed by atoms with E-state index in [0.29, 0.717) is 0 Å². The summed E-state index contributed by atoms with van der Waals surface area (Å²) in [5, 5.41) is 0. The van der Waals surface area contributed by atoms with Crippen LogP contribution in [0.4, 0.5) is 0 Å². The monoisotopic (exact) mass is 337 g/mol. The molecule has 0 amide bonds. The molecule has 1 aromatic carbocycles. The van der Waals surface area contributed by atoms with Crippen molar-refractivity contribution in [2.45, 2.75) is 0 Å². The van der Waals surface area contributed by atoms with Crippen LogP contribution in [0.15, 0.2) is 28.7 Å². The summed E-state index contributed by atoms with van der Waals surface area (Å²) in [6.45, 7) is 0. The summed E-state index contributed by atoms with van der Waals surface area (Å²) >= 11 is 9.72. The minimum Gasteiger partial charge on any atom is -0.280 e. The molecular formula is C6H4Br3Mg. The van der Waals surface area contributed by atoms with Crippen LogP contribution >= 0.6 is 41.7 Å². The third-order valence-corrected chi connectivity index (χ3v) is 1.16. The van der Waals surface area contributed by atoms with Crippen molar-refractivity contribution in [3.05, 3.63) is 34.8 Å². The van der Waals surface area contributed by atoms with Crippen LogP contribution in [0.1, 0.15) is 0 Å². The largest absolute Gasteiger partial charge is 0.560 e. The second-order valence-electron chi connectivity index (χ2n) is 1.32. The van der Waals surface area contributed by atoms with Crippen molar-refractivity contribution in [2.75, 3.05) is 0 Å². The van der Waals surface area contributed by atoms with Crippen LogP contribution in [0.3, 0.4) is 0 Å². The molecule has 0 fully saturated rings. The minimum atomic E-state index is 0.0417. The van der Waals surface area contributed by atoms with E-state index in [9.17, 15) is 0 Å². The van der Waals surface area contributed by atoms with Gasteiger partial charge in [0.15, 0.2) is 0 Å². The van der Waals surface area contributed by atoms with Gasteiger partial charge in [0.25, 0.3) is 0 Å². The predicted octanol–water partition coefficient (Wildman–Crippen LogP) is 3.56. The van der Waals surface area contributed by atoms with Crippen molar-refractivity contribution in [3.63, 3.8) is 0 Å². The van der Waals surface area contributed by atoms with Gasteiger partial charge >= 0.3 is 16.0 Å². The molecule has 0 aromatic heterocycles. The molecule has 0 nitrogen and oxygen atoms in total. The van der Waals surface area contributed by atoms with Crippen LogP contribution in [0.25, 0.3) is 0 Å². The second kappa shape index (κ2) is 8.52. The molecule has 1 radical (unpaired) electrons. The first-order valence-electron chi connectivity index (χ1n) is 2.54. The predicted molar refractivity (Wildman–Crippen MR) is 56.6 cm³/mol. The zero-order chi connectivity index (χ0) is 7.82. The summed E-state index contributed by atoms with van der Waals surface area (Å²) in [4.78, 5) is 0. The molecule has 10 heavy (non-hydrogen) atoms. The Morgan fingerprint density at radius 1 is 1.40 bits per heavy atom. The van der Waals surface area contributed by atoms with E-state index in [1.165, 1.54) is 0 Å². The highest BCUT2D eigenvalue weighted by Crippen LogP contribution is 2.04. The molecule has 0 heterocycles. The summed E-state index contributed by atoms with van der Waals surface area (Å²) in [5.74, 6) is 0. The molecule has 0 aliphatic rings. The zero-order valence-corrected chi connectivity index (χ0v) is 11.3. The van der Waals surface area contributed by atoms with Crippen LogP contribution in [-0.2, 0) is 0 Å². The fourth-order valence-electron chi connectivity index (χ4n) is 0.371. The van der Waals surface area contributed by atoms with Crippen molar-refractivity contribution in [2.24, 2.45) is 0 Å². The number of hydrogen-bond donors (Lipinski definition) is 0. The van der Waals surface area contributed by atoms with E-state index in [0.717, 1.165) is 4.47 Å². The summed E-state index contributed by atoms with van der Waals surface area (Å²) in [7, 11) is 0. The van der Waals surface area contributed by atoms with Gasteiger partial charge in [-0.05, 0) is 18.2 Å². The molecule has 1 aromatic rings. The standard InChI is InChI=1S/C6H4Br.2BrH.Mg/c7-6-4-2-1-3-5-6;;;/h1-2,4-5H;2*1H;/q;;;+2/p-2. The van der Waals surface area contributed by atoms with E-state index >= 15 is 0 Å². The molecule has 0 unspecified atom stereocenters. The first kappa shape index (κ1) is 11.4. The molecule has 1 rings (SSSR count). The van der Waals surface area contributed by atoms with Crippen LogP contribution in [0, 0.1) is 6.07 Å². The van der Waals surface area contributed by atoms with E-state index in [-0.39, 0.29) is 16.0 Å². The maximum atomic E-state index is 3.28. The van der Waals surface area contributed by atoms with Gasteiger partial charge in [-0.25, -0.2) is 0 Å². The van der Waals surface area contributed by atoms with Gasteiger partial charge in [-0.15, -0.1) is 0 Å². The van der Waals surface area contributed by atoms with Gasteiger partial charge in [0.2, 0.25) is 0 Å². The maximum absolute atomic E-state index is 3.28. The quantitative estimate of drug-likeness (QED) is 0.634. The van der Waals surface area contributed by atoms with E-state index < -0.39 is 0 Å². The Labute approximate surface area is 91.4 Å². The van der Waals surface area contributed by atoms with Gasteiger partial charge in [-0.3, -0.25) is 25.8 Å². The molecule has 4 heteroatoms. The Balaban J connectivity index is 0.000000236. The number of halogens is 3. The van der Waals surface area contributed by atoms with Gasteiger partial charge in [0.1, 0.15) is 0 Å². The molecular weight excluding hydrogens is 336 g/mol. The van der Waals surface area contributed by atoms with Crippen LogP contribution in [0.5, 0.6) is 0 Å². The van der Waals surface area contributed by atoms with Crippen LogP contribution < -0.4 is 0 Å². The number of rotatable bonds is 0. The van der Waals surface area contributed by atoms with Gasteiger partial charge in [-0.2, -0.15) is 0 Å². The zero-order valence-electron chi connectivity index (χ0n) is 5.15. The highest BCUT2D eigenvalue weighted by molar-refractivity contribution is 9.47. The topological polar surface area (TPSA) is 0 Å². The van der Waals surface area contributed by atoms with Gasteiger partial charge in [-0.1, -0.05) is 28.1 Å². The van der Waals surface area contributed by atoms with Crippen molar-refractivity contribution in [1.82, 2.24) is 0 Å². The minimum absolute atomic E-state index is 0.0417. The highest BCUT2D eigenvalue weighted by atomic mass is 79.9. The SMILES string of the molecule is Brc1c[c]ccc1.[Br][Mg][Br]. The Morgan fingerprint density at radius 2 is 2.00 bits per heavy atom. The van der Waals surface area contributed by atoms with E-state index in [1.54, 1.807) is 0 Å². The van der Waals surface area contributed by atoms with E-state index in [1.807, 2.05) is 24.3 Å². The molecule has 0 spiro atoms. The molecule has 0 saturated heterocycles. The lowest BCUT2D eigenvalue weighted by Crippen LogP contribution is -1.56. The van der Waals surface area contributed by atoms with Gasteiger partial charge in [0.05, 0.1) is 0 Å². The Hall–Kier alpha value is 1.43. The van der Waals surface area contributed by atoms with E-state index in [4.69, 9.17) is 0 Å². The molecule has 0 saturated carbocycles. The Morgan fingerprint density at radius 3 is 2.20 bits per heavy atom. The molecule has 0 N–H and O–H groups in total. The third kappa shape index (κ3) is 7.53. The van der Waals surface area contributed by atoms with Crippen molar-refractivity contribution < 1.29 is 0 Å². The van der Waals surface area contributed by atoms with Crippen molar-refractivity contribution in [3.8, 4) is 0 Å². The van der Waals surface area contributed by atoms with Crippen LogP contribution in [0.2, 0.25) is 0 Å². The lowest BCUT2D eigenvalue weighted by atomic mass is 10.4. The van der Waals surface area contributed by atoms with Crippen molar-refractivity contribution in [1.29, 1.82) is 0 Å². The highest BCUT2D eigenvalue weighted by Gasteiger charge is 1.75. The average Bonchev–Trinajstić information content (AvgIpc) is 1.91. The maximum Gasteiger partial charge on any atom is 0.560 e. The normalized spacial score (nSPS) is 7.10. The number of hydrogen-bond acceptors (Lipinski definition) is 0. The summed E-state index contributed by atoms with van der Waals surface area (Å²) < 4.78 is 1.08. The molecule has 0 bridgehead atoms. The summed E-state index contributed by atoms with van der Waals surface area (Å²) in [6, 6.07) is 10.6. The van der Waals surface area contributed by atoms with Gasteiger partial charge < -0.3 is 0 Å². The molecule has 0 aliphatic carbocycles. The summed E-state index contributed by atoms with van der Waals surface area (Å²) in [5.41, 5.74) is 0. The van der Waals surface area contributed by atoms with E-state index in [2.05, 4.69) is 47.8 Å².